The van der Waals surface area contributed by atoms with Gasteiger partial charge in [-0.2, -0.15) is 0 Å². The van der Waals surface area contributed by atoms with Gasteiger partial charge in [-0.05, 0) is 163 Å². The third-order valence-corrected chi connectivity index (χ3v) is 13.1. The molecule has 0 bridgehead atoms. The van der Waals surface area contributed by atoms with Gasteiger partial charge in [0.25, 0.3) is 0 Å². The van der Waals surface area contributed by atoms with Crippen LogP contribution in [-0.2, 0) is 25.7 Å². The third kappa shape index (κ3) is 9.54. The number of aryl methyl sites for hydroxylation is 4. The number of fused-ring (bicyclic) bond motifs is 4. The zero-order valence-electron chi connectivity index (χ0n) is 36.5. The Labute approximate surface area is 351 Å². The van der Waals surface area contributed by atoms with Crippen molar-refractivity contribution in [1.29, 1.82) is 0 Å². The van der Waals surface area contributed by atoms with Crippen molar-refractivity contribution in [3.05, 3.63) is 131 Å². The van der Waals surface area contributed by atoms with Gasteiger partial charge in [-0.3, -0.25) is 0 Å². The van der Waals surface area contributed by atoms with Crippen LogP contribution < -0.4 is 0 Å². The minimum absolute atomic E-state index is 1.14. The molecular weight excluding hydrogens is 697 g/mol. The van der Waals surface area contributed by atoms with Crippen LogP contribution in [0.4, 0.5) is 0 Å². The van der Waals surface area contributed by atoms with Crippen molar-refractivity contribution in [2.75, 3.05) is 0 Å². The van der Waals surface area contributed by atoms with Crippen LogP contribution in [0.3, 0.4) is 0 Å². The summed E-state index contributed by atoms with van der Waals surface area (Å²) in [6.07, 6.45) is 25.1. The first-order valence-corrected chi connectivity index (χ1v) is 23.7. The molecule has 0 aliphatic rings. The average molecular weight is 767 g/mol. The Kier molecular flexibility index (Phi) is 15.1. The maximum atomic E-state index is 2.64. The summed E-state index contributed by atoms with van der Waals surface area (Å²) in [6, 6.07) is 43.3. The normalized spacial score (nSPS) is 11.8. The Hall–Kier alpha value is -4.42. The van der Waals surface area contributed by atoms with E-state index in [1.54, 1.807) is 0 Å². The largest absolute Gasteiger partial charge is 0.0654 e. The molecule has 0 nitrogen and oxygen atoms in total. The van der Waals surface area contributed by atoms with Gasteiger partial charge in [0.15, 0.2) is 0 Å². The minimum Gasteiger partial charge on any atom is -0.0654 e. The molecule has 0 heteroatoms. The van der Waals surface area contributed by atoms with E-state index in [0.29, 0.717) is 0 Å². The second-order valence-electron chi connectivity index (χ2n) is 17.4. The molecule has 0 heterocycles. The minimum atomic E-state index is 1.14. The average Bonchev–Trinajstić information content (AvgIpc) is 3.26. The van der Waals surface area contributed by atoms with Gasteiger partial charge in [0.1, 0.15) is 0 Å². The Morgan fingerprint density at radius 1 is 0.259 bits per heavy atom. The number of benzene rings is 7. The van der Waals surface area contributed by atoms with Crippen LogP contribution in [0.1, 0.15) is 153 Å². The van der Waals surface area contributed by atoms with Crippen molar-refractivity contribution >= 4 is 43.1 Å². The topological polar surface area (TPSA) is 0 Å². The molecule has 0 fully saturated rings. The van der Waals surface area contributed by atoms with E-state index in [4.69, 9.17) is 0 Å². The van der Waals surface area contributed by atoms with Crippen LogP contribution in [-0.4, -0.2) is 0 Å². The smallest absolute Gasteiger partial charge is 0.00259 e. The summed E-state index contributed by atoms with van der Waals surface area (Å²) in [5, 5.41) is 11.5. The van der Waals surface area contributed by atoms with E-state index >= 15 is 0 Å². The van der Waals surface area contributed by atoms with Gasteiger partial charge in [-0.1, -0.05) is 190 Å². The van der Waals surface area contributed by atoms with Gasteiger partial charge >= 0.3 is 0 Å². The number of hydrogen-bond acceptors (Lipinski definition) is 0. The standard InChI is InChI=1S/C58H70/c1-5-9-13-19-27-43-35-36-44(28-20-14-10-6-2)50-40-54-53(39-49(43)50)57(47-31-23-17-24-32-47)55-41-51-45(29-21-15-11-7-3)37-38-46(30-22-16-12-8-4)52(51)42-56(55)58(54)48-33-25-18-26-34-48/h17-18,23-26,31-42H,5-16,19-22,27-30H2,1-4H3. The Morgan fingerprint density at radius 3 is 0.759 bits per heavy atom. The molecule has 58 heavy (non-hydrogen) atoms. The fourth-order valence-electron chi connectivity index (χ4n) is 9.81. The summed E-state index contributed by atoms with van der Waals surface area (Å²) in [7, 11) is 0. The summed E-state index contributed by atoms with van der Waals surface area (Å²) < 4.78 is 0. The van der Waals surface area contributed by atoms with Crippen molar-refractivity contribution in [3.63, 3.8) is 0 Å². The second kappa shape index (κ2) is 21.0. The van der Waals surface area contributed by atoms with Gasteiger partial charge in [0, 0.05) is 0 Å². The van der Waals surface area contributed by atoms with Crippen LogP contribution in [0.15, 0.2) is 109 Å². The first-order chi connectivity index (χ1) is 28.7. The molecule has 302 valence electrons. The lowest BCUT2D eigenvalue weighted by atomic mass is 9.81. The lowest BCUT2D eigenvalue weighted by Crippen LogP contribution is -1.98. The molecule has 7 rings (SSSR count). The predicted molar refractivity (Wildman–Crippen MR) is 259 cm³/mol. The van der Waals surface area contributed by atoms with Gasteiger partial charge in [-0.25, -0.2) is 0 Å². The van der Waals surface area contributed by atoms with Gasteiger partial charge in [-0.15, -0.1) is 0 Å². The fourth-order valence-corrected chi connectivity index (χ4v) is 9.81. The molecule has 7 aromatic rings. The van der Waals surface area contributed by atoms with Crippen molar-refractivity contribution in [2.45, 2.75) is 156 Å². The number of hydrogen-bond donors (Lipinski definition) is 0. The molecular formula is C58H70. The van der Waals surface area contributed by atoms with Gasteiger partial charge in [0.05, 0.1) is 0 Å². The third-order valence-electron chi connectivity index (χ3n) is 13.1. The molecule has 0 aliphatic carbocycles. The quantitative estimate of drug-likeness (QED) is 0.0476. The van der Waals surface area contributed by atoms with Gasteiger partial charge < -0.3 is 0 Å². The molecule has 0 N–H and O–H groups in total. The van der Waals surface area contributed by atoms with E-state index < -0.39 is 0 Å². The number of unbranched alkanes of at least 4 members (excludes halogenated alkanes) is 12. The Balaban J connectivity index is 1.58. The monoisotopic (exact) mass is 767 g/mol. The predicted octanol–water partition coefficient (Wildman–Crippen LogP) is 18.1. The molecule has 0 saturated heterocycles. The SMILES string of the molecule is CCCCCCc1ccc(CCCCCC)c2cc3c(-c4ccccc4)c4cc5c(CCCCCC)ccc(CCCCCC)c5cc4c(-c4ccccc4)c3cc12. The molecule has 0 spiro atoms. The lowest BCUT2D eigenvalue weighted by molar-refractivity contribution is 0.666. The van der Waals surface area contributed by atoms with E-state index in [-0.39, 0.29) is 0 Å². The zero-order valence-corrected chi connectivity index (χ0v) is 36.5. The van der Waals surface area contributed by atoms with E-state index in [1.807, 2.05) is 0 Å². The molecule has 0 atom stereocenters. The van der Waals surface area contributed by atoms with Crippen LogP contribution in [0.5, 0.6) is 0 Å². The first-order valence-electron chi connectivity index (χ1n) is 23.7. The molecule has 7 aromatic carbocycles. The molecule has 0 aliphatic heterocycles. The van der Waals surface area contributed by atoms with Crippen molar-refractivity contribution in [3.8, 4) is 22.3 Å². The summed E-state index contributed by atoms with van der Waals surface area (Å²) in [5.41, 5.74) is 11.5. The molecule has 0 amide bonds. The second-order valence-corrected chi connectivity index (χ2v) is 17.4. The van der Waals surface area contributed by atoms with Crippen molar-refractivity contribution in [2.24, 2.45) is 0 Å². The summed E-state index contributed by atoms with van der Waals surface area (Å²) >= 11 is 0. The zero-order chi connectivity index (χ0) is 40.1. The Morgan fingerprint density at radius 2 is 0.517 bits per heavy atom. The highest BCUT2D eigenvalue weighted by Crippen LogP contribution is 2.47. The highest BCUT2D eigenvalue weighted by molar-refractivity contribution is 6.26. The highest BCUT2D eigenvalue weighted by atomic mass is 14.2. The van der Waals surface area contributed by atoms with E-state index in [9.17, 15) is 0 Å². The molecule has 0 saturated carbocycles. The van der Waals surface area contributed by atoms with Crippen LogP contribution in [0.2, 0.25) is 0 Å². The maximum Gasteiger partial charge on any atom is -0.00259 e. The Bertz CT molecular complexity index is 2080. The molecule has 0 aromatic heterocycles. The van der Waals surface area contributed by atoms with Crippen molar-refractivity contribution < 1.29 is 0 Å². The molecule has 0 unspecified atom stereocenters. The van der Waals surface area contributed by atoms with Crippen LogP contribution in [0, 0.1) is 0 Å². The summed E-state index contributed by atoms with van der Waals surface area (Å²) in [5.74, 6) is 0. The first kappa shape index (κ1) is 41.7. The van der Waals surface area contributed by atoms with Gasteiger partial charge in [0.2, 0.25) is 0 Å². The molecule has 0 radical (unpaired) electrons. The summed E-state index contributed by atoms with van der Waals surface area (Å²) in [6.45, 7) is 9.28. The lowest BCUT2D eigenvalue weighted by Gasteiger charge is -2.22. The fraction of sp³-hybridized carbons (Fsp3) is 0.414. The van der Waals surface area contributed by atoms with Crippen LogP contribution in [0.25, 0.3) is 65.3 Å². The summed E-state index contributed by atoms with van der Waals surface area (Å²) in [4.78, 5) is 0. The van der Waals surface area contributed by atoms with E-state index in [2.05, 4.69) is 137 Å². The van der Waals surface area contributed by atoms with Crippen LogP contribution >= 0.6 is 0 Å². The van der Waals surface area contributed by atoms with E-state index in [1.165, 1.54) is 190 Å². The number of rotatable bonds is 22. The maximum absolute atomic E-state index is 2.64. The van der Waals surface area contributed by atoms with E-state index in [0.717, 1.165) is 25.7 Å². The highest BCUT2D eigenvalue weighted by Gasteiger charge is 2.21. The van der Waals surface area contributed by atoms with Crippen molar-refractivity contribution in [1.82, 2.24) is 0 Å².